The highest BCUT2D eigenvalue weighted by atomic mass is 32.2. The lowest BCUT2D eigenvalue weighted by atomic mass is 10.1. The molecule has 11 heteroatoms. The van der Waals surface area contributed by atoms with Gasteiger partial charge in [-0.1, -0.05) is 0 Å². The first-order chi connectivity index (χ1) is 15.0. The van der Waals surface area contributed by atoms with Crippen molar-refractivity contribution in [2.24, 2.45) is 5.92 Å². The number of aliphatic hydroxyl groups excluding tert-OH is 1. The van der Waals surface area contributed by atoms with Crippen molar-refractivity contribution in [2.45, 2.75) is 25.3 Å². The molecule has 8 nitrogen and oxygen atoms in total. The third-order valence-electron chi connectivity index (χ3n) is 5.12. The number of carbonyl (C=O) groups excluding carboxylic acids is 1. The molecule has 1 aliphatic rings. The second-order valence-corrected chi connectivity index (χ2v) is 10.0. The van der Waals surface area contributed by atoms with Crippen molar-refractivity contribution in [2.75, 3.05) is 36.1 Å². The summed E-state index contributed by atoms with van der Waals surface area (Å²) in [7, 11) is -2.28. The normalized spacial score (nSPS) is 14.7. The summed E-state index contributed by atoms with van der Waals surface area (Å²) < 4.78 is 51.8. The zero-order valence-electron chi connectivity index (χ0n) is 17.8. The summed E-state index contributed by atoms with van der Waals surface area (Å²) in [6.07, 6.45) is 3.23. The van der Waals surface area contributed by atoms with E-state index in [2.05, 4.69) is 15.6 Å². The summed E-state index contributed by atoms with van der Waals surface area (Å²) >= 11 is 0. The van der Waals surface area contributed by atoms with Crippen LogP contribution in [0.4, 0.5) is 20.4 Å². The molecule has 0 saturated heterocycles. The number of aromatic nitrogens is 1. The molecule has 1 amide bonds. The molecular formula is C21H26F2N4O4S. The fraction of sp³-hybridized carbons (Fsp3) is 0.429. The van der Waals surface area contributed by atoms with E-state index in [4.69, 9.17) is 0 Å². The fourth-order valence-corrected chi connectivity index (χ4v) is 3.52. The van der Waals surface area contributed by atoms with E-state index in [-0.39, 0.29) is 23.4 Å². The molecule has 1 aromatic heterocycles. The van der Waals surface area contributed by atoms with Gasteiger partial charge in [0.1, 0.15) is 23.3 Å². The molecule has 3 rings (SSSR count). The van der Waals surface area contributed by atoms with Gasteiger partial charge in [0, 0.05) is 25.2 Å². The van der Waals surface area contributed by atoms with Crippen LogP contribution in [0.3, 0.4) is 0 Å². The number of halogens is 2. The fourth-order valence-electron chi connectivity index (χ4n) is 3.08. The van der Waals surface area contributed by atoms with Crippen LogP contribution in [0.5, 0.6) is 0 Å². The Bertz CT molecular complexity index is 1070. The van der Waals surface area contributed by atoms with E-state index in [1.54, 1.807) is 0 Å². The standard InChI is InChI=1S/C21H26F2N4O4S/c1-27(32(2,30)31)20-9-15(8-19(26-20)24-11-13-3-4-13)21(29)25-18(12-28)7-14-5-16(22)10-17(23)6-14/h5-6,8-10,13,18,28H,3-4,7,11-12H2,1-2H3,(H,24,26)(H,25,29). The van der Waals surface area contributed by atoms with E-state index < -0.39 is 40.2 Å². The number of hydrogen-bond acceptors (Lipinski definition) is 6. The van der Waals surface area contributed by atoms with Crippen molar-refractivity contribution in [3.8, 4) is 0 Å². The first-order valence-corrected chi connectivity index (χ1v) is 12.0. The summed E-state index contributed by atoms with van der Waals surface area (Å²) in [6, 6.07) is 5.01. The highest BCUT2D eigenvalue weighted by Gasteiger charge is 2.23. The molecule has 1 unspecified atom stereocenters. The van der Waals surface area contributed by atoms with E-state index in [1.807, 2.05) is 0 Å². The zero-order valence-corrected chi connectivity index (χ0v) is 18.6. The molecule has 1 saturated carbocycles. The maximum absolute atomic E-state index is 13.4. The van der Waals surface area contributed by atoms with Gasteiger partial charge in [0.2, 0.25) is 10.0 Å². The Morgan fingerprint density at radius 3 is 2.44 bits per heavy atom. The van der Waals surface area contributed by atoms with Crippen molar-refractivity contribution in [3.05, 3.63) is 53.1 Å². The van der Waals surface area contributed by atoms with E-state index in [9.17, 15) is 27.1 Å². The molecule has 1 fully saturated rings. The molecule has 1 heterocycles. The number of benzene rings is 1. The van der Waals surface area contributed by atoms with Gasteiger partial charge in [-0.2, -0.15) is 0 Å². The lowest BCUT2D eigenvalue weighted by Gasteiger charge is -2.20. The number of rotatable bonds is 10. The third kappa shape index (κ3) is 6.60. The topological polar surface area (TPSA) is 112 Å². The molecule has 1 aromatic carbocycles. The Hall–Kier alpha value is -2.79. The van der Waals surface area contributed by atoms with Crippen molar-refractivity contribution < 1.29 is 27.1 Å². The van der Waals surface area contributed by atoms with Gasteiger partial charge in [0.15, 0.2) is 0 Å². The molecule has 0 radical (unpaired) electrons. The van der Waals surface area contributed by atoms with Crippen molar-refractivity contribution in [1.29, 1.82) is 0 Å². The van der Waals surface area contributed by atoms with Gasteiger partial charge in [-0.3, -0.25) is 9.10 Å². The number of hydrogen-bond donors (Lipinski definition) is 3. The van der Waals surface area contributed by atoms with Gasteiger partial charge < -0.3 is 15.7 Å². The summed E-state index contributed by atoms with van der Waals surface area (Å²) in [5.74, 6) is -1.15. The van der Waals surface area contributed by atoms with Crippen LogP contribution in [0, 0.1) is 17.6 Å². The zero-order chi connectivity index (χ0) is 23.5. The van der Waals surface area contributed by atoms with Crippen molar-refractivity contribution >= 4 is 27.6 Å². The predicted molar refractivity (Wildman–Crippen MR) is 117 cm³/mol. The largest absolute Gasteiger partial charge is 0.394 e. The molecule has 3 N–H and O–H groups in total. The van der Waals surface area contributed by atoms with Crippen LogP contribution >= 0.6 is 0 Å². The Labute approximate surface area is 185 Å². The number of amides is 1. The highest BCUT2D eigenvalue weighted by molar-refractivity contribution is 7.92. The van der Waals surface area contributed by atoms with E-state index in [0.717, 1.165) is 41.6 Å². The molecule has 0 aliphatic heterocycles. The van der Waals surface area contributed by atoms with E-state index in [1.165, 1.54) is 19.2 Å². The minimum Gasteiger partial charge on any atom is -0.394 e. The van der Waals surface area contributed by atoms with Gasteiger partial charge in [-0.15, -0.1) is 0 Å². The summed E-state index contributed by atoms with van der Waals surface area (Å²) in [5.41, 5.74) is 0.411. The highest BCUT2D eigenvalue weighted by Crippen LogP contribution is 2.29. The summed E-state index contributed by atoms with van der Waals surface area (Å²) in [4.78, 5) is 17.2. The van der Waals surface area contributed by atoms with Gasteiger partial charge in [0.25, 0.3) is 5.91 Å². The Morgan fingerprint density at radius 1 is 1.22 bits per heavy atom. The van der Waals surface area contributed by atoms with Crippen LogP contribution in [-0.4, -0.2) is 56.9 Å². The van der Waals surface area contributed by atoms with Crippen LogP contribution in [0.2, 0.25) is 0 Å². The van der Waals surface area contributed by atoms with Crippen LogP contribution in [0.1, 0.15) is 28.8 Å². The van der Waals surface area contributed by atoms with Gasteiger partial charge in [-0.05, 0) is 55.0 Å². The average Bonchev–Trinajstić information content (AvgIpc) is 3.54. The molecule has 2 aromatic rings. The number of nitrogens with zero attached hydrogens (tertiary/aromatic N) is 2. The number of carbonyl (C=O) groups is 1. The first-order valence-electron chi connectivity index (χ1n) is 10.1. The first kappa shape index (κ1) is 23.9. The molecule has 32 heavy (non-hydrogen) atoms. The van der Waals surface area contributed by atoms with Gasteiger partial charge in [0.05, 0.1) is 18.9 Å². The smallest absolute Gasteiger partial charge is 0.251 e. The molecule has 0 bridgehead atoms. The maximum Gasteiger partial charge on any atom is 0.251 e. The Morgan fingerprint density at radius 2 is 1.88 bits per heavy atom. The van der Waals surface area contributed by atoms with Gasteiger partial charge >= 0.3 is 0 Å². The third-order valence-corrected chi connectivity index (χ3v) is 6.30. The summed E-state index contributed by atoms with van der Waals surface area (Å²) in [5, 5.41) is 15.4. The molecule has 0 spiro atoms. The van der Waals surface area contributed by atoms with Gasteiger partial charge in [-0.25, -0.2) is 22.2 Å². The molecule has 1 atom stereocenters. The average molecular weight is 469 g/mol. The predicted octanol–water partition coefficient (Wildman–Crippen LogP) is 1.91. The SMILES string of the molecule is CN(c1cc(C(=O)NC(CO)Cc2cc(F)cc(F)c2)cc(NCC2CC2)n1)S(C)(=O)=O. The number of nitrogens with one attached hydrogen (secondary N) is 2. The van der Waals surface area contributed by atoms with Crippen molar-refractivity contribution in [1.82, 2.24) is 10.3 Å². The van der Waals surface area contributed by atoms with E-state index in [0.29, 0.717) is 18.3 Å². The minimum atomic E-state index is -3.61. The molecular weight excluding hydrogens is 442 g/mol. The number of anilines is 2. The number of pyridine rings is 1. The molecule has 1 aliphatic carbocycles. The second kappa shape index (κ2) is 9.78. The number of aliphatic hydroxyl groups is 1. The Kier molecular flexibility index (Phi) is 7.29. The van der Waals surface area contributed by atoms with Crippen LogP contribution in [0.25, 0.3) is 0 Å². The second-order valence-electron chi connectivity index (χ2n) is 7.99. The van der Waals surface area contributed by atoms with E-state index >= 15 is 0 Å². The summed E-state index contributed by atoms with van der Waals surface area (Å²) in [6.45, 7) is 0.197. The maximum atomic E-state index is 13.4. The quantitative estimate of drug-likeness (QED) is 0.491. The monoisotopic (exact) mass is 468 g/mol. The van der Waals surface area contributed by atoms with Crippen LogP contribution < -0.4 is 14.9 Å². The Balaban J connectivity index is 1.81. The van der Waals surface area contributed by atoms with Crippen molar-refractivity contribution in [3.63, 3.8) is 0 Å². The number of sulfonamides is 1. The lowest BCUT2D eigenvalue weighted by Crippen LogP contribution is -2.39. The van der Waals surface area contributed by atoms with Crippen LogP contribution in [-0.2, 0) is 16.4 Å². The van der Waals surface area contributed by atoms with Crippen LogP contribution in [0.15, 0.2) is 30.3 Å². The minimum absolute atomic E-state index is 0.00485. The lowest BCUT2D eigenvalue weighted by molar-refractivity contribution is 0.0916. The molecule has 174 valence electrons.